The number of carbonyl (C=O) groups is 4. The number of methoxy groups -OCH3 is 2. The number of non-ortho nitro benzene ring substituents is 1. The minimum absolute atomic E-state index is 0.0620. The van der Waals surface area contributed by atoms with Crippen LogP contribution in [0.15, 0.2) is 72.3 Å². The summed E-state index contributed by atoms with van der Waals surface area (Å²) >= 11 is 6.07. The lowest BCUT2D eigenvalue weighted by atomic mass is 9.52. The lowest BCUT2D eigenvalue weighted by Gasteiger charge is -2.47. The van der Waals surface area contributed by atoms with Gasteiger partial charge in [0.25, 0.3) is 5.69 Å². The maximum absolute atomic E-state index is 14.5. The van der Waals surface area contributed by atoms with Crippen molar-refractivity contribution in [1.29, 1.82) is 0 Å². The number of benzene rings is 3. The Morgan fingerprint density at radius 1 is 0.961 bits per heavy atom. The molecule has 12 nitrogen and oxygen atoms in total. The first-order valence-electron chi connectivity index (χ1n) is 16.1. The topological polar surface area (TPSA) is 157 Å². The summed E-state index contributed by atoms with van der Waals surface area (Å²) in [4.78, 5) is 69.8. The standard InChI is InChI=1S/C37H31ClFN3O9/c1-37-25(11-7-18-13-29(50-2)32(43)30(14-18)51-3)22-9-10-23-31(35(46)40(33(23)44)19-5-4-6-21(15-19)42(48)49)24(22)17-26(37)34(45)41(36(37)47)20-8-12-28(39)27(38)16-20/h4-9,11-16,23-26,31,43H,10,17H2,1-3H3/t23-,24+,25-,26-,31-,37-/m0/s1. The molecule has 3 fully saturated rings. The Kier molecular flexibility index (Phi) is 8.21. The second kappa shape index (κ2) is 12.3. The van der Waals surface area contributed by atoms with E-state index in [1.807, 2.05) is 6.08 Å². The van der Waals surface area contributed by atoms with Gasteiger partial charge in [0.1, 0.15) is 5.82 Å². The van der Waals surface area contributed by atoms with Gasteiger partial charge < -0.3 is 14.6 Å². The third-order valence-corrected chi connectivity index (χ3v) is 11.1. The minimum atomic E-state index is -1.37. The monoisotopic (exact) mass is 715 g/mol. The van der Waals surface area contributed by atoms with Crippen molar-refractivity contribution in [2.75, 3.05) is 24.0 Å². The summed E-state index contributed by atoms with van der Waals surface area (Å²) in [5.41, 5.74) is -0.235. The largest absolute Gasteiger partial charge is 0.502 e. The van der Waals surface area contributed by atoms with E-state index in [9.17, 15) is 38.8 Å². The number of rotatable bonds is 7. The molecular weight excluding hydrogens is 685 g/mol. The van der Waals surface area contributed by atoms with Crippen molar-refractivity contribution in [3.05, 3.63) is 98.8 Å². The number of carbonyl (C=O) groups excluding carboxylic acids is 4. The van der Waals surface area contributed by atoms with E-state index in [1.54, 1.807) is 31.2 Å². The normalized spacial score (nSPS) is 27.0. The molecule has 0 spiro atoms. The van der Waals surface area contributed by atoms with Gasteiger partial charge in [-0.2, -0.15) is 0 Å². The zero-order chi connectivity index (χ0) is 36.5. The fraction of sp³-hybridized carbons (Fsp3) is 0.297. The second-order valence-corrected chi connectivity index (χ2v) is 13.6. The van der Waals surface area contributed by atoms with Gasteiger partial charge in [-0.25, -0.2) is 14.2 Å². The van der Waals surface area contributed by atoms with Gasteiger partial charge in [0.15, 0.2) is 11.5 Å². The van der Waals surface area contributed by atoms with Crippen molar-refractivity contribution in [1.82, 2.24) is 0 Å². The van der Waals surface area contributed by atoms with E-state index < -0.39 is 69.4 Å². The first-order valence-corrected chi connectivity index (χ1v) is 16.5. The Hall–Kier alpha value is -5.56. The molecule has 0 bridgehead atoms. The number of nitro benzene ring substituents is 1. The highest BCUT2D eigenvalue weighted by Crippen LogP contribution is 2.61. The number of imide groups is 2. The number of aromatic hydroxyl groups is 1. The number of allylic oxidation sites excluding steroid dienone is 3. The van der Waals surface area contributed by atoms with Crippen LogP contribution < -0.4 is 19.3 Å². The lowest BCUT2D eigenvalue weighted by molar-refractivity contribution is -0.384. The number of phenolic OH excluding ortho intramolecular Hbond substituents is 1. The number of halogens is 2. The first kappa shape index (κ1) is 33.9. The minimum Gasteiger partial charge on any atom is -0.502 e. The van der Waals surface area contributed by atoms with E-state index in [2.05, 4.69) is 0 Å². The number of ether oxygens (including phenoxy) is 2. The number of hydrogen-bond acceptors (Lipinski definition) is 9. The third kappa shape index (κ3) is 5.09. The Morgan fingerprint density at radius 2 is 1.65 bits per heavy atom. The molecule has 7 rings (SSSR count). The Labute approximate surface area is 295 Å². The predicted molar refractivity (Wildman–Crippen MR) is 183 cm³/mol. The first-order chi connectivity index (χ1) is 24.3. The van der Waals surface area contributed by atoms with Gasteiger partial charge in [-0.3, -0.25) is 29.3 Å². The van der Waals surface area contributed by atoms with Gasteiger partial charge in [-0.05, 0) is 67.6 Å². The van der Waals surface area contributed by atoms with Gasteiger partial charge in [0.05, 0.1) is 58.7 Å². The van der Waals surface area contributed by atoms with Crippen LogP contribution in [0.1, 0.15) is 25.3 Å². The van der Waals surface area contributed by atoms with Gasteiger partial charge in [0.2, 0.25) is 29.4 Å². The molecule has 0 aromatic heterocycles. The fourth-order valence-corrected chi connectivity index (χ4v) is 8.48. The summed E-state index contributed by atoms with van der Waals surface area (Å²) in [5.74, 6) is -6.82. The van der Waals surface area contributed by atoms with E-state index in [0.29, 0.717) is 11.1 Å². The molecule has 3 aromatic rings. The van der Waals surface area contributed by atoms with E-state index in [4.69, 9.17) is 21.1 Å². The van der Waals surface area contributed by atoms with Crippen LogP contribution in [-0.4, -0.2) is 47.9 Å². The number of hydrogen-bond donors (Lipinski definition) is 1. The van der Waals surface area contributed by atoms with Gasteiger partial charge in [0, 0.05) is 18.1 Å². The molecule has 2 heterocycles. The summed E-state index contributed by atoms with van der Waals surface area (Å²) in [6.07, 6.45) is 5.56. The molecule has 2 aliphatic carbocycles. The number of nitro groups is 1. The predicted octanol–water partition coefficient (Wildman–Crippen LogP) is 6.09. The second-order valence-electron chi connectivity index (χ2n) is 13.2. The van der Waals surface area contributed by atoms with Gasteiger partial charge >= 0.3 is 0 Å². The van der Waals surface area contributed by atoms with Crippen LogP contribution in [0, 0.1) is 50.9 Å². The van der Waals surface area contributed by atoms with Crippen LogP contribution in [0.5, 0.6) is 17.2 Å². The van der Waals surface area contributed by atoms with Crippen LogP contribution >= 0.6 is 11.6 Å². The molecule has 0 radical (unpaired) electrons. The molecule has 2 saturated heterocycles. The summed E-state index contributed by atoms with van der Waals surface area (Å²) in [6.45, 7) is 1.69. The van der Waals surface area contributed by atoms with E-state index in [0.717, 1.165) is 15.9 Å². The SMILES string of the molecule is COc1cc(C=C[C@H]2C3=CC[C@@H]4C(=O)N(c5cccc([N+](=O)[O-])c5)C(=O)[C@@H]4[C@@H]3C[C@H]3C(=O)N(c4ccc(F)c(Cl)c4)C(=O)[C@@]23C)cc(OC)c1O. The van der Waals surface area contributed by atoms with Crippen molar-refractivity contribution < 1.29 is 43.1 Å². The van der Waals surface area contributed by atoms with Crippen molar-refractivity contribution in [2.45, 2.75) is 19.8 Å². The number of anilines is 2. The maximum atomic E-state index is 14.5. The number of fused-ring (bicyclic) bond motifs is 4. The Bertz CT molecular complexity index is 2090. The number of amides is 4. The van der Waals surface area contributed by atoms with Crippen molar-refractivity contribution in [3.8, 4) is 17.2 Å². The number of nitrogens with zero attached hydrogens (tertiary/aromatic N) is 3. The summed E-state index contributed by atoms with van der Waals surface area (Å²) in [5, 5.41) is 21.7. The number of phenols is 1. The molecule has 2 aliphatic heterocycles. The fourth-order valence-electron chi connectivity index (χ4n) is 8.31. The van der Waals surface area contributed by atoms with Gasteiger partial charge in [-0.15, -0.1) is 0 Å². The van der Waals surface area contributed by atoms with Crippen molar-refractivity contribution >= 4 is 58.4 Å². The Morgan fingerprint density at radius 3 is 2.29 bits per heavy atom. The molecule has 14 heteroatoms. The zero-order valence-corrected chi connectivity index (χ0v) is 28.3. The van der Waals surface area contributed by atoms with Gasteiger partial charge in [-0.1, -0.05) is 41.5 Å². The molecule has 1 N–H and O–H groups in total. The molecular formula is C37H31ClFN3O9. The van der Waals surface area contributed by atoms with E-state index >= 15 is 0 Å². The highest BCUT2D eigenvalue weighted by atomic mass is 35.5. The maximum Gasteiger partial charge on any atom is 0.271 e. The van der Waals surface area contributed by atoms with Crippen LogP contribution in [0.4, 0.5) is 21.5 Å². The van der Waals surface area contributed by atoms with E-state index in [-0.39, 0.29) is 52.2 Å². The van der Waals surface area contributed by atoms with Crippen LogP contribution in [0.3, 0.4) is 0 Å². The highest BCUT2D eigenvalue weighted by Gasteiger charge is 2.67. The molecule has 3 aromatic carbocycles. The summed E-state index contributed by atoms with van der Waals surface area (Å²) < 4.78 is 24.8. The average Bonchev–Trinajstić information content (AvgIpc) is 3.48. The van der Waals surface area contributed by atoms with Crippen molar-refractivity contribution in [2.24, 2.45) is 35.0 Å². The van der Waals surface area contributed by atoms with Crippen LogP contribution in [-0.2, 0) is 19.2 Å². The molecule has 262 valence electrons. The lowest BCUT2D eigenvalue weighted by Crippen LogP contribution is -2.49. The van der Waals surface area contributed by atoms with Crippen LogP contribution in [0.25, 0.3) is 6.08 Å². The summed E-state index contributed by atoms with van der Waals surface area (Å²) in [7, 11) is 2.77. The average molecular weight is 716 g/mol. The quantitative estimate of drug-likeness (QED) is 0.132. The zero-order valence-electron chi connectivity index (χ0n) is 27.5. The molecule has 4 aliphatic rings. The van der Waals surface area contributed by atoms with E-state index in [1.165, 1.54) is 50.6 Å². The highest BCUT2D eigenvalue weighted by molar-refractivity contribution is 6.31. The molecule has 1 saturated carbocycles. The smallest absolute Gasteiger partial charge is 0.271 e. The Balaban J connectivity index is 1.34. The molecule has 0 unspecified atom stereocenters. The van der Waals surface area contributed by atoms with Crippen LogP contribution in [0.2, 0.25) is 5.02 Å². The molecule has 51 heavy (non-hydrogen) atoms. The van der Waals surface area contributed by atoms with Crippen molar-refractivity contribution in [3.63, 3.8) is 0 Å². The molecule has 4 amide bonds. The third-order valence-electron chi connectivity index (χ3n) is 10.8. The molecule has 6 atom stereocenters. The summed E-state index contributed by atoms with van der Waals surface area (Å²) in [6, 6.07) is 12.0.